The fourth-order valence-corrected chi connectivity index (χ4v) is 5.89. The molecular formula is C30H26BrN11O4S2. The highest BCUT2D eigenvalue weighted by Gasteiger charge is 2.15. The summed E-state index contributed by atoms with van der Waals surface area (Å²) in [4.78, 5) is 26.8. The summed E-state index contributed by atoms with van der Waals surface area (Å²) in [7, 11) is 0. The van der Waals surface area contributed by atoms with Crippen molar-refractivity contribution >= 4 is 50.4 Å². The standard InChI is InChI=1S/C15H13BrN4O2S.C15H13N7O2S/c16-9-14-19-18-13(23-14)6-7-17-15(21)11-8-12(22-20-11)10-4-2-1-3-5-10;16-22-18-9-14-20-19-13(25-14)6-7-17-15(23)11-8-12(24-21-11)10-4-2-1-3-5-10/h1-5,8H,6-7,9H2,(H,17,21);1-5,8H,6-7,9H2,(H,17,23). The molecule has 0 aliphatic carbocycles. The summed E-state index contributed by atoms with van der Waals surface area (Å²) in [5.41, 5.74) is 10.5. The molecule has 4 heterocycles. The lowest BCUT2D eigenvalue weighted by atomic mass is 10.1. The van der Waals surface area contributed by atoms with E-state index in [1.54, 1.807) is 12.1 Å². The Morgan fingerprint density at radius 2 is 1.19 bits per heavy atom. The third kappa shape index (κ3) is 9.85. The first kappa shape index (κ1) is 34.1. The fraction of sp³-hybridized carbons (Fsp3) is 0.200. The highest BCUT2D eigenvalue weighted by molar-refractivity contribution is 9.08. The molecule has 2 N–H and O–H groups in total. The molecule has 2 amide bonds. The van der Waals surface area contributed by atoms with Crippen LogP contribution in [-0.2, 0) is 24.7 Å². The molecule has 0 unspecified atom stereocenters. The van der Waals surface area contributed by atoms with E-state index in [1.165, 1.54) is 22.7 Å². The molecule has 0 saturated heterocycles. The van der Waals surface area contributed by atoms with E-state index < -0.39 is 0 Å². The Hall–Kier alpha value is -5.29. The van der Waals surface area contributed by atoms with Crippen molar-refractivity contribution in [3.8, 4) is 22.6 Å². The third-order valence-corrected chi connectivity index (χ3v) is 9.11. The molecule has 0 aliphatic heterocycles. The predicted octanol–water partition coefficient (Wildman–Crippen LogP) is 6.04. The van der Waals surface area contributed by atoms with Crippen LogP contribution in [0.2, 0.25) is 0 Å². The number of nitrogens with zero attached hydrogens (tertiary/aromatic N) is 9. The molecule has 15 nitrogen and oxygen atoms in total. The summed E-state index contributed by atoms with van der Waals surface area (Å²) in [5.74, 6) is 0.533. The van der Waals surface area contributed by atoms with Crippen molar-refractivity contribution in [2.24, 2.45) is 5.11 Å². The van der Waals surface area contributed by atoms with Gasteiger partial charge in [-0.25, -0.2) is 0 Å². The van der Waals surface area contributed by atoms with Crippen LogP contribution in [0, 0.1) is 0 Å². The van der Waals surface area contributed by atoms with Gasteiger partial charge in [0.1, 0.15) is 20.0 Å². The zero-order chi connectivity index (χ0) is 33.6. The molecule has 0 aliphatic rings. The fourth-order valence-electron chi connectivity index (χ4n) is 3.98. The van der Waals surface area contributed by atoms with E-state index in [4.69, 9.17) is 14.6 Å². The molecule has 6 rings (SSSR count). The van der Waals surface area contributed by atoms with Crippen molar-refractivity contribution < 1.29 is 18.6 Å². The van der Waals surface area contributed by atoms with Gasteiger partial charge in [-0.2, -0.15) is 0 Å². The van der Waals surface area contributed by atoms with Gasteiger partial charge in [-0.1, -0.05) is 92.0 Å². The molecule has 0 fully saturated rings. The molecule has 0 bridgehead atoms. The zero-order valence-corrected chi connectivity index (χ0v) is 28.2. The largest absolute Gasteiger partial charge is 0.355 e. The van der Waals surface area contributed by atoms with Gasteiger partial charge >= 0.3 is 0 Å². The van der Waals surface area contributed by atoms with Gasteiger partial charge in [0.25, 0.3) is 11.8 Å². The summed E-state index contributed by atoms with van der Waals surface area (Å²) in [6, 6.07) is 22.2. The highest BCUT2D eigenvalue weighted by atomic mass is 79.9. The van der Waals surface area contributed by atoms with Gasteiger partial charge in [0.2, 0.25) is 0 Å². The Balaban J connectivity index is 0.000000188. The number of amides is 2. The molecular weight excluding hydrogens is 722 g/mol. The number of halogens is 1. The number of carbonyl (C=O) groups excluding carboxylic acids is 2. The second-order valence-corrected chi connectivity index (χ2v) is 12.5. The summed E-state index contributed by atoms with van der Waals surface area (Å²) >= 11 is 6.21. The Kier molecular flexibility index (Phi) is 12.5. The van der Waals surface area contributed by atoms with Crippen LogP contribution < -0.4 is 10.6 Å². The Morgan fingerprint density at radius 1 is 0.729 bits per heavy atom. The monoisotopic (exact) mass is 747 g/mol. The lowest BCUT2D eigenvalue weighted by Crippen LogP contribution is -2.25. The van der Waals surface area contributed by atoms with Crippen molar-refractivity contribution in [2.75, 3.05) is 13.1 Å². The van der Waals surface area contributed by atoms with Crippen molar-refractivity contribution in [1.82, 2.24) is 41.3 Å². The van der Waals surface area contributed by atoms with E-state index in [0.717, 1.165) is 26.1 Å². The number of azide groups is 1. The third-order valence-electron chi connectivity index (χ3n) is 6.25. The number of hydrogen-bond donors (Lipinski definition) is 2. The minimum absolute atomic E-state index is 0.182. The summed E-state index contributed by atoms with van der Waals surface area (Å²) in [6.07, 6.45) is 1.17. The predicted molar refractivity (Wildman–Crippen MR) is 181 cm³/mol. The summed E-state index contributed by atoms with van der Waals surface area (Å²) in [5, 5.41) is 36.5. The van der Waals surface area contributed by atoms with Crippen molar-refractivity contribution in [3.63, 3.8) is 0 Å². The van der Waals surface area contributed by atoms with E-state index in [0.29, 0.717) is 47.8 Å². The van der Waals surface area contributed by atoms with Gasteiger partial charge in [0.05, 0.1) is 11.9 Å². The van der Waals surface area contributed by atoms with Crippen molar-refractivity contribution in [2.45, 2.75) is 24.7 Å². The van der Waals surface area contributed by atoms with E-state index in [2.05, 4.69) is 67.3 Å². The number of alkyl halides is 1. The number of carbonyl (C=O) groups is 2. The average Bonchev–Trinajstić information content (AvgIpc) is 3.96. The first-order chi connectivity index (χ1) is 23.5. The molecule has 0 saturated carbocycles. The second kappa shape index (κ2) is 17.6. The molecule has 48 heavy (non-hydrogen) atoms. The van der Waals surface area contributed by atoms with Crippen LogP contribution in [0.4, 0.5) is 0 Å². The molecule has 2 aromatic carbocycles. The first-order valence-corrected chi connectivity index (χ1v) is 17.1. The molecule has 0 atom stereocenters. The Morgan fingerprint density at radius 3 is 1.65 bits per heavy atom. The minimum atomic E-state index is -0.315. The zero-order valence-electron chi connectivity index (χ0n) is 25.0. The van der Waals surface area contributed by atoms with Gasteiger partial charge < -0.3 is 19.7 Å². The highest BCUT2D eigenvalue weighted by Crippen LogP contribution is 2.21. The second-order valence-electron chi connectivity index (χ2n) is 9.60. The number of benzene rings is 2. The lowest BCUT2D eigenvalue weighted by molar-refractivity contribution is 0.0937. The van der Waals surface area contributed by atoms with Crippen LogP contribution in [0.1, 0.15) is 41.0 Å². The maximum absolute atomic E-state index is 12.1. The molecule has 0 spiro atoms. The molecule has 6 aromatic rings. The van der Waals surface area contributed by atoms with Crippen LogP contribution in [0.3, 0.4) is 0 Å². The molecule has 4 aromatic heterocycles. The number of hydrogen-bond acceptors (Lipinski definition) is 13. The Labute approximate surface area is 289 Å². The first-order valence-electron chi connectivity index (χ1n) is 14.3. The van der Waals surface area contributed by atoms with Crippen LogP contribution in [0.25, 0.3) is 33.1 Å². The summed E-state index contributed by atoms with van der Waals surface area (Å²) in [6.45, 7) is 1.05. The van der Waals surface area contributed by atoms with E-state index in [-0.39, 0.29) is 29.7 Å². The SMILES string of the molecule is O=C(NCCc1nnc(CBr)s1)c1cc(-c2ccccc2)on1.[N-]=[N+]=NCc1nnc(CCNC(=O)c2cc(-c3ccccc3)on2)s1. The van der Waals surface area contributed by atoms with Gasteiger partial charge in [0, 0.05) is 54.1 Å². The van der Waals surface area contributed by atoms with Gasteiger partial charge in [-0.15, -0.1) is 43.1 Å². The smallest absolute Gasteiger partial charge is 0.273 e. The number of rotatable bonds is 13. The molecule has 0 radical (unpaired) electrons. The topological polar surface area (TPSA) is 211 Å². The maximum atomic E-state index is 12.1. The van der Waals surface area contributed by atoms with Crippen LogP contribution in [0.15, 0.2) is 87.0 Å². The minimum Gasteiger partial charge on any atom is -0.355 e. The van der Waals surface area contributed by atoms with Crippen LogP contribution >= 0.6 is 38.6 Å². The maximum Gasteiger partial charge on any atom is 0.273 e. The normalized spacial score (nSPS) is 10.4. The lowest BCUT2D eigenvalue weighted by Gasteiger charge is -1.99. The van der Waals surface area contributed by atoms with Gasteiger partial charge in [-0.3, -0.25) is 9.59 Å². The van der Waals surface area contributed by atoms with Gasteiger partial charge in [0.15, 0.2) is 22.9 Å². The van der Waals surface area contributed by atoms with Crippen LogP contribution in [-0.4, -0.2) is 55.6 Å². The number of nitrogens with one attached hydrogen (secondary N) is 2. The summed E-state index contributed by atoms with van der Waals surface area (Å²) < 4.78 is 10.4. The van der Waals surface area contributed by atoms with Crippen LogP contribution in [0.5, 0.6) is 0 Å². The molecule has 18 heteroatoms. The molecule has 244 valence electrons. The average molecular weight is 749 g/mol. The number of aromatic nitrogens is 6. The van der Waals surface area contributed by atoms with E-state index >= 15 is 0 Å². The van der Waals surface area contributed by atoms with E-state index in [1.807, 2.05) is 60.7 Å². The van der Waals surface area contributed by atoms with Crippen molar-refractivity contribution in [3.05, 3.63) is 115 Å². The Bertz CT molecular complexity index is 1970. The van der Waals surface area contributed by atoms with Gasteiger partial charge in [-0.05, 0) is 5.53 Å². The quantitative estimate of drug-likeness (QED) is 0.0605. The van der Waals surface area contributed by atoms with Crippen molar-refractivity contribution in [1.29, 1.82) is 0 Å². The van der Waals surface area contributed by atoms with E-state index in [9.17, 15) is 9.59 Å².